The number of allylic oxidation sites excluding steroid dienone is 20. The summed E-state index contributed by atoms with van der Waals surface area (Å²) >= 11 is 0. The molecule has 0 bridgehead atoms. The quantitative estimate of drug-likeness (QED) is 0.0262. The first kappa shape index (κ1) is 59.8. The second-order valence-corrected chi connectivity index (χ2v) is 16.3. The molecule has 0 aromatic heterocycles. The molecule has 64 heavy (non-hydrogen) atoms. The molecule has 0 unspecified atom stereocenters. The van der Waals surface area contributed by atoms with Crippen molar-refractivity contribution in [3.8, 4) is 0 Å². The third kappa shape index (κ3) is 48.8. The van der Waals surface area contributed by atoms with Crippen molar-refractivity contribution >= 4 is 17.9 Å². The summed E-state index contributed by atoms with van der Waals surface area (Å²) in [6.07, 6.45) is 70.5. The molecule has 0 aliphatic heterocycles. The van der Waals surface area contributed by atoms with Gasteiger partial charge in [-0.15, -0.1) is 0 Å². The smallest absolute Gasteiger partial charge is 0.306 e. The van der Waals surface area contributed by atoms with Gasteiger partial charge in [-0.05, 0) is 96.3 Å². The topological polar surface area (TPSA) is 78.9 Å². The number of carbonyl (C=O) groups excluding carboxylic acids is 3. The SMILES string of the molecule is CC/C=C\C/C=C\C/C=C\C/C=C\C/C=C\C/C=C\CCC(=O)O[C@H](COC(=O)CCCC/C=C\C/C=C\C/C=C\C/C=C\CC)COC(=O)CCCCCCCCCCCCCC. The lowest BCUT2D eigenvalue weighted by molar-refractivity contribution is -0.166. The Labute approximate surface area is 392 Å². The van der Waals surface area contributed by atoms with Crippen molar-refractivity contribution in [2.45, 2.75) is 213 Å². The molecule has 0 saturated carbocycles. The molecule has 0 aliphatic carbocycles. The van der Waals surface area contributed by atoms with Crippen LogP contribution >= 0.6 is 0 Å². The first-order valence-corrected chi connectivity index (χ1v) is 25.5. The van der Waals surface area contributed by atoms with E-state index in [1.54, 1.807) is 0 Å². The van der Waals surface area contributed by atoms with E-state index < -0.39 is 12.1 Å². The third-order valence-corrected chi connectivity index (χ3v) is 10.2. The van der Waals surface area contributed by atoms with E-state index >= 15 is 0 Å². The van der Waals surface area contributed by atoms with Crippen molar-refractivity contribution in [3.63, 3.8) is 0 Å². The van der Waals surface area contributed by atoms with E-state index in [1.807, 2.05) is 12.2 Å². The second kappa shape index (κ2) is 51.4. The summed E-state index contributed by atoms with van der Waals surface area (Å²) in [5, 5.41) is 0. The lowest BCUT2D eigenvalue weighted by atomic mass is 10.0. The summed E-state index contributed by atoms with van der Waals surface area (Å²) in [5.74, 6) is -1.06. The standard InChI is InChI=1S/C58H92O6/c1-4-7-10-13-16-19-22-25-27-28-29-30-32-34-37-40-43-46-49-52-58(61)64-55(53-62-56(59)50-47-44-41-38-35-24-21-18-15-12-9-6-3)54-63-57(60)51-48-45-42-39-36-33-31-26-23-20-17-14-11-8-5-2/h7-8,10-11,16-17,19-20,25-27,29-31,34,36-37,39,43,46,55H,4-6,9,12-15,18,21-24,28,32-33,35,38,40-42,44-45,47-54H2,1-3H3/b10-7-,11-8-,19-16-,20-17-,27-25-,30-29-,31-26-,37-34-,39-36-,46-43-/t55-/m0/s1. The predicted molar refractivity (Wildman–Crippen MR) is 274 cm³/mol. The van der Waals surface area contributed by atoms with Gasteiger partial charge in [0.15, 0.2) is 6.10 Å². The second-order valence-electron chi connectivity index (χ2n) is 16.3. The number of hydrogen-bond acceptors (Lipinski definition) is 6. The summed E-state index contributed by atoms with van der Waals surface area (Å²) in [7, 11) is 0. The number of rotatable bonds is 44. The van der Waals surface area contributed by atoms with Crippen LogP contribution in [-0.2, 0) is 28.6 Å². The van der Waals surface area contributed by atoms with Crippen LogP contribution < -0.4 is 0 Å². The highest BCUT2D eigenvalue weighted by atomic mass is 16.6. The molecular formula is C58H92O6. The summed E-state index contributed by atoms with van der Waals surface area (Å²) in [4.78, 5) is 37.9. The Morgan fingerprint density at radius 3 is 1.02 bits per heavy atom. The van der Waals surface area contributed by atoms with Crippen molar-refractivity contribution in [2.75, 3.05) is 13.2 Å². The molecule has 0 rings (SSSR count). The Kier molecular flexibility index (Phi) is 48.1. The van der Waals surface area contributed by atoms with Crippen LogP contribution in [-0.4, -0.2) is 37.2 Å². The van der Waals surface area contributed by atoms with Gasteiger partial charge in [0.25, 0.3) is 0 Å². The summed E-state index contributed by atoms with van der Waals surface area (Å²) in [5.41, 5.74) is 0. The first-order valence-electron chi connectivity index (χ1n) is 25.5. The normalized spacial score (nSPS) is 13.1. The van der Waals surface area contributed by atoms with Crippen LogP contribution in [0.25, 0.3) is 0 Å². The lowest BCUT2D eigenvalue weighted by Crippen LogP contribution is -2.30. The molecule has 1 atom stereocenters. The minimum Gasteiger partial charge on any atom is -0.462 e. The molecule has 360 valence electrons. The van der Waals surface area contributed by atoms with Crippen molar-refractivity contribution in [3.05, 3.63) is 122 Å². The van der Waals surface area contributed by atoms with E-state index in [-0.39, 0.29) is 38.0 Å². The van der Waals surface area contributed by atoms with Crippen LogP contribution in [0.15, 0.2) is 122 Å². The molecule has 6 nitrogen and oxygen atoms in total. The number of hydrogen-bond donors (Lipinski definition) is 0. The Morgan fingerprint density at radius 2 is 0.641 bits per heavy atom. The van der Waals surface area contributed by atoms with Gasteiger partial charge in [-0.1, -0.05) is 213 Å². The molecule has 0 spiro atoms. The molecule has 0 amide bonds. The van der Waals surface area contributed by atoms with Gasteiger partial charge in [0.05, 0.1) is 0 Å². The fraction of sp³-hybridized carbons (Fsp3) is 0.603. The molecule has 0 heterocycles. The average Bonchev–Trinajstić information content (AvgIpc) is 3.29. The number of carbonyl (C=O) groups is 3. The van der Waals surface area contributed by atoms with Crippen LogP contribution in [0.2, 0.25) is 0 Å². The Morgan fingerprint density at radius 1 is 0.328 bits per heavy atom. The van der Waals surface area contributed by atoms with Crippen LogP contribution in [0.4, 0.5) is 0 Å². The number of esters is 3. The zero-order valence-corrected chi connectivity index (χ0v) is 41.0. The molecule has 6 heteroatoms. The maximum atomic E-state index is 12.8. The van der Waals surface area contributed by atoms with Crippen molar-refractivity contribution in [1.82, 2.24) is 0 Å². The fourth-order valence-electron chi connectivity index (χ4n) is 6.46. The molecular weight excluding hydrogens is 793 g/mol. The molecule has 0 N–H and O–H groups in total. The lowest BCUT2D eigenvalue weighted by Gasteiger charge is -2.18. The van der Waals surface area contributed by atoms with E-state index in [4.69, 9.17) is 14.2 Å². The predicted octanol–water partition coefficient (Wildman–Crippen LogP) is 16.9. The summed E-state index contributed by atoms with van der Waals surface area (Å²) in [6.45, 7) is 6.29. The van der Waals surface area contributed by atoms with Crippen LogP contribution in [0.1, 0.15) is 207 Å². The van der Waals surface area contributed by atoms with E-state index in [1.165, 1.54) is 57.8 Å². The first-order chi connectivity index (χ1) is 31.5. The van der Waals surface area contributed by atoms with Crippen LogP contribution in [0.3, 0.4) is 0 Å². The monoisotopic (exact) mass is 885 g/mol. The largest absolute Gasteiger partial charge is 0.462 e. The minimum absolute atomic E-state index is 0.123. The zero-order chi connectivity index (χ0) is 46.5. The van der Waals surface area contributed by atoms with E-state index in [2.05, 4.69) is 130 Å². The molecule has 0 aromatic carbocycles. The van der Waals surface area contributed by atoms with Gasteiger partial charge in [-0.3, -0.25) is 14.4 Å². The fourth-order valence-corrected chi connectivity index (χ4v) is 6.46. The molecule has 0 aliphatic rings. The number of unbranched alkanes of at least 4 members (excludes halogenated alkanes) is 13. The van der Waals surface area contributed by atoms with Gasteiger partial charge >= 0.3 is 17.9 Å². The molecule has 0 radical (unpaired) electrons. The van der Waals surface area contributed by atoms with Crippen molar-refractivity contribution in [2.24, 2.45) is 0 Å². The highest BCUT2D eigenvalue weighted by molar-refractivity contribution is 5.71. The Hall–Kier alpha value is -4.19. The highest BCUT2D eigenvalue weighted by Gasteiger charge is 2.19. The molecule has 0 aromatic rings. The van der Waals surface area contributed by atoms with Gasteiger partial charge in [-0.25, -0.2) is 0 Å². The van der Waals surface area contributed by atoms with Gasteiger partial charge in [0.1, 0.15) is 13.2 Å². The van der Waals surface area contributed by atoms with Crippen LogP contribution in [0, 0.1) is 0 Å². The number of ether oxygens (including phenoxy) is 3. The minimum atomic E-state index is -0.836. The summed E-state index contributed by atoms with van der Waals surface area (Å²) in [6, 6.07) is 0. The molecule has 0 saturated heterocycles. The summed E-state index contributed by atoms with van der Waals surface area (Å²) < 4.78 is 16.7. The van der Waals surface area contributed by atoms with Crippen LogP contribution in [0.5, 0.6) is 0 Å². The van der Waals surface area contributed by atoms with Crippen molar-refractivity contribution < 1.29 is 28.6 Å². The van der Waals surface area contributed by atoms with E-state index in [9.17, 15) is 14.4 Å². The van der Waals surface area contributed by atoms with Gasteiger partial charge in [0.2, 0.25) is 0 Å². The van der Waals surface area contributed by atoms with Crippen molar-refractivity contribution in [1.29, 1.82) is 0 Å². The van der Waals surface area contributed by atoms with E-state index in [0.29, 0.717) is 19.3 Å². The maximum Gasteiger partial charge on any atom is 0.306 e. The zero-order valence-electron chi connectivity index (χ0n) is 41.0. The average molecular weight is 885 g/mol. The Bertz CT molecular complexity index is 1390. The van der Waals surface area contributed by atoms with E-state index in [0.717, 1.165) is 96.3 Å². The third-order valence-electron chi connectivity index (χ3n) is 10.2. The van der Waals surface area contributed by atoms with Gasteiger partial charge in [-0.2, -0.15) is 0 Å². The maximum absolute atomic E-state index is 12.8. The Balaban J connectivity index is 4.59. The molecule has 0 fully saturated rings. The van der Waals surface area contributed by atoms with Gasteiger partial charge < -0.3 is 14.2 Å². The van der Waals surface area contributed by atoms with Gasteiger partial charge in [0, 0.05) is 19.3 Å². The highest BCUT2D eigenvalue weighted by Crippen LogP contribution is 2.13.